The Morgan fingerprint density at radius 2 is 2.29 bits per heavy atom. The molecule has 0 bridgehead atoms. The summed E-state index contributed by atoms with van der Waals surface area (Å²) in [4.78, 5) is 2.59. The summed E-state index contributed by atoms with van der Waals surface area (Å²) >= 11 is 0. The fraction of sp³-hybridized carbons (Fsp3) is 0.600. The number of nitrogens with one attached hydrogen (secondary N) is 1. The molecule has 1 heterocycles. The van der Waals surface area contributed by atoms with Gasteiger partial charge in [-0.2, -0.15) is 0 Å². The molecule has 1 aliphatic rings. The predicted molar refractivity (Wildman–Crippen MR) is 73.2 cm³/mol. The number of nitrogens with zero attached hydrogens (tertiary/aromatic N) is 1. The van der Waals surface area contributed by atoms with Crippen LogP contribution in [-0.4, -0.2) is 30.6 Å². The third-order valence-corrected chi connectivity index (χ3v) is 3.70. The zero-order valence-corrected chi connectivity index (χ0v) is 11.1. The molecule has 0 aromatic heterocycles. The predicted octanol–water partition coefficient (Wildman–Crippen LogP) is 2.57. The smallest absolute Gasteiger partial charge is 0.0221 e. The van der Waals surface area contributed by atoms with E-state index in [0.717, 1.165) is 19.1 Å². The van der Waals surface area contributed by atoms with Crippen molar-refractivity contribution in [3.8, 4) is 0 Å². The SMILES string of the molecule is CCN1CCC[C@@H]1CNCc1cccc(C)c1. The molecule has 94 valence electrons. The average Bonchev–Trinajstić information content (AvgIpc) is 2.77. The molecule has 2 rings (SSSR count). The second-order valence-electron chi connectivity index (χ2n) is 5.04. The van der Waals surface area contributed by atoms with Crippen molar-refractivity contribution in [1.29, 1.82) is 0 Å². The summed E-state index contributed by atoms with van der Waals surface area (Å²) in [6.07, 6.45) is 2.72. The van der Waals surface area contributed by atoms with Gasteiger partial charge in [0.15, 0.2) is 0 Å². The van der Waals surface area contributed by atoms with Gasteiger partial charge in [-0.25, -0.2) is 0 Å². The summed E-state index contributed by atoms with van der Waals surface area (Å²) in [5.41, 5.74) is 2.74. The monoisotopic (exact) mass is 232 g/mol. The van der Waals surface area contributed by atoms with Gasteiger partial charge in [0.25, 0.3) is 0 Å². The molecule has 0 amide bonds. The molecule has 1 N–H and O–H groups in total. The van der Waals surface area contributed by atoms with Gasteiger partial charge < -0.3 is 5.32 Å². The van der Waals surface area contributed by atoms with Gasteiger partial charge in [-0.3, -0.25) is 4.90 Å². The van der Waals surface area contributed by atoms with Gasteiger partial charge in [-0.1, -0.05) is 36.8 Å². The topological polar surface area (TPSA) is 15.3 Å². The Kier molecular flexibility index (Phi) is 4.57. The van der Waals surface area contributed by atoms with E-state index in [9.17, 15) is 0 Å². The lowest BCUT2D eigenvalue weighted by Gasteiger charge is -2.23. The summed E-state index contributed by atoms with van der Waals surface area (Å²) < 4.78 is 0. The molecule has 0 unspecified atom stereocenters. The van der Waals surface area contributed by atoms with Crippen molar-refractivity contribution in [2.75, 3.05) is 19.6 Å². The molecule has 1 aromatic rings. The number of rotatable bonds is 5. The number of hydrogen-bond acceptors (Lipinski definition) is 2. The van der Waals surface area contributed by atoms with E-state index in [0.29, 0.717) is 0 Å². The molecule has 17 heavy (non-hydrogen) atoms. The van der Waals surface area contributed by atoms with Crippen molar-refractivity contribution in [1.82, 2.24) is 10.2 Å². The van der Waals surface area contributed by atoms with Crippen molar-refractivity contribution in [2.45, 2.75) is 39.3 Å². The highest BCUT2D eigenvalue weighted by molar-refractivity contribution is 5.21. The first kappa shape index (κ1) is 12.6. The Bertz CT molecular complexity index is 349. The molecule has 1 aromatic carbocycles. The highest BCUT2D eigenvalue weighted by atomic mass is 15.2. The molecule has 0 radical (unpaired) electrons. The van der Waals surface area contributed by atoms with E-state index in [1.165, 1.54) is 37.1 Å². The number of benzene rings is 1. The van der Waals surface area contributed by atoms with Crippen LogP contribution in [0.1, 0.15) is 30.9 Å². The van der Waals surface area contributed by atoms with Gasteiger partial charge in [0, 0.05) is 19.1 Å². The Balaban J connectivity index is 1.76. The van der Waals surface area contributed by atoms with Crippen LogP contribution < -0.4 is 5.32 Å². The summed E-state index contributed by atoms with van der Waals surface area (Å²) in [6, 6.07) is 9.51. The van der Waals surface area contributed by atoms with Gasteiger partial charge in [0.2, 0.25) is 0 Å². The van der Waals surface area contributed by atoms with E-state index in [1.807, 2.05) is 0 Å². The fourth-order valence-corrected chi connectivity index (χ4v) is 2.75. The lowest BCUT2D eigenvalue weighted by atomic mass is 10.1. The number of likely N-dealkylation sites (N-methyl/N-ethyl adjacent to an activating group) is 1. The normalized spacial score (nSPS) is 20.9. The van der Waals surface area contributed by atoms with Gasteiger partial charge >= 0.3 is 0 Å². The molecule has 1 aliphatic heterocycles. The maximum absolute atomic E-state index is 3.59. The molecule has 1 saturated heterocycles. The van der Waals surface area contributed by atoms with Gasteiger partial charge in [-0.05, 0) is 38.4 Å². The van der Waals surface area contributed by atoms with Crippen LogP contribution in [0.25, 0.3) is 0 Å². The quantitative estimate of drug-likeness (QED) is 0.839. The van der Waals surface area contributed by atoms with E-state index >= 15 is 0 Å². The number of likely N-dealkylation sites (tertiary alicyclic amines) is 1. The number of hydrogen-bond donors (Lipinski definition) is 1. The van der Waals surface area contributed by atoms with Crippen molar-refractivity contribution in [3.05, 3.63) is 35.4 Å². The van der Waals surface area contributed by atoms with Crippen molar-refractivity contribution < 1.29 is 0 Å². The van der Waals surface area contributed by atoms with Crippen molar-refractivity contribution in [3.63, 3.8) is 0 Å². The van der Waals surface area contributed by atoms with Crippen molar-refractivity contribution in [2.24, 2.45) is 0 Å². The van der Waals surface area contributed by atoms with Gasteiger partial charge in [-0.15, -0.1) is 0 Å². The van der Waals surface area contributed by atoms with Crippen LogP contribution in [0.15, 0.2) is 24.3 Å². The molecule has 0 spiro atoms. The first-order valence-corrected chi connectivity index (χ1v) is 6.80. The van der Waals surface area contributed by atoms with E-state index in [1.54, 1.807) is 0 Å². The van der Waals surface area contributed by atoms with E-state index in [-0.39, 0.29) is 0 Å². The van der Waals surface area contributed by atoms with Crippen LogP contribution >= 0.6 is 0 Å². The van der Waals surface area contributed by atoms with Crippen LogP contribution in [0.2, 0.25) is 0 Å². The maximum atomic E-state index is 3.59. The molecule has 2 heteroatoms. The van der Waals surface area contributed by atoms with E-state index in [2.05, 4.69) is 48.3 Å². The van der Waals surface area contributed by atoms with Crippen LogP contribution in [0, 0.1) is 6.92 Å². The Morgan fingerprint density at radius 3 is 3.06 bits per heavy atom. The van der Waals surface area contributed by atoms with Crippen LogP contribution in [0.3, 0.4) is 0 Å². The lowest BCUT2D eigenvalue weighted by Crippen LogP contribution is -2.37. The molecule has 2 nitrogen and oxygen atoms in total. The molecular weight excluding hydrogens is 208 g/mol. The van der Waals surface area contributed by atoms with E-state index in [4.69, 9.17) is 0 Å². The molecule has 0 aliphatic carbocycles. The summed E-state index contributed by atoms with van der Waals surface area (Å²) in [7, 11) is 0. The zero-order valence-electron chi connectivity index (χ0n) is 11.1. The Labute approximate surface area is 105 Å². The fourth-order valence-electron chi connectivity index (χ4n) is 2.75. The van der Waals surface area contributed by atoms with Gasteiger partial charge in [0.1, 0.15) is 0 Å². The highest BCUT2D eigenvalue weighted by Gasteiger charge is 2.21. The Morgan fingerprint density at radius 1 is 1.41 bits per heavy atom. The minimum absolute atomic E-state index is 0.754. The zero-order chi connectivity index (χ0) is 12.1. The summed E-state index contributed by atoms with van der Waals surface area (Å²) in [6.45, 7) is 9.01. The minimum Gasteiger partial charge on any atom is -0.311 e. The van der Waals surface area contributed by atoms with Crippen LogP contribution in [0.4, 0.5) is 0 Å². The van der Waals surface area contributed by atoms with Crippen LogP contribution in [0.5, 0.6) is 0 Å². The first-order valence-electron chi connectivity index (χ1n) is 6.80. The standard InChI is InChI=1S/C15H24N2/c1-3-17-9-5-8-15(17)12-16-11-14-7-4-6-13(2)10-14/h4,6-7,10,15-16H,3,5,8-9,11-12H2,1-2H3/t15-/m1/s1. The summed E-state index contributed by atoms with van der Waals surface area (Å²) in [5.74, 6) is 0. The van der Waals surface area contributed by atoms with Crippen LogP contribution in [-0.2, 0) is 6.54 Å². The second-order valence-corrected chi connectivity index (χ2v) is 5.04. The summed E-state index contributed by atoms with van der Waals surface area (Å²) in [5, 5.41) is 3.59. The van der Waals surface area contributed by atoms with Gasteiger partial charge in [0.05, 0.1) is 0 Å². The third kappa shape index (κ3) is 3.55. The van der Waals surface area contributed by atoms with E-state index < -0.39 is 0 Å². The lowest BCUT2D eigenvalue weighted by molar-refractivity contribution is 0.260. The largest absolute Gasteiger partial charge is 0.311 e. The minimum atomic E-state index is 0.754. The van der Waals surface area contributed by atoms with Crippen molar-refractivity contribution >= 4 is 0 Å². The molecular formula is C15H24N2. The maximum Gasteiger partial charge on any atom is 0.0221 e. The molecule has 0 saturated carbocycles. The average molecular weight is 232 g/mol. The first-order chi connectivity index (χ1) is 8.29. The Hall–Kier alpha value is -0.860. The molecule has 1 fully saturated rings. The third-order valence-electron chi connectivity index (χ3n) is 3.70. The number of aryl methyl sites for hydroxylation is 1. The second kappa shape index (κ2) is 6.18. The molecule has 1 atom stereocenters. The highest BCUT2D eigenvalue weighted by Crippen LogP contribution is 2.15.